The molecule has 0 atom stereocenters. The summed E-state index contributed by atoms with van der Waals surface area (Å²) in [6.45, 7) is 1.82. The number of sulfonamides is 1. The molecule has 0 bridgehead atoms. The average Bonchev–Trinajstić information content (AvgIpc) is 2.89. The van der Waals surface area contributed by atoms with Gasteiger partial charge in [0.2, 0.25) is 0 Å². The highest BCUT2D eigenvalue weighted by atomic mass is 32.2. The third kappa shape index (κ3) is 3.01. The molecule has 0 radical (unpaired) electrons. The molecule has 0 aliphatic carbocycles. The highest BCUT2D eigenvalue weighted by molar-refractivity contribution is 7.94. The zero-order valence-corrected chi connectivity index (χ0v) is 12.7. The van der Waals surface area contributed by atoms with Crippen molar-refractivity contribution in [1.82, 2.24) is 0 Å². The van der Waals surface area contributed by atoms with Gasteiger partial charge in [0.15, 0.2) is 0 Å². The van der Waals surface area contributed by atoms with Gasteiger partial charge in [-0.3, -0.25) is 4.31 Å². The minimum absolute atomic E-state index is 0.0412. The number of aromatic hydroxyl groups is 1. The van der Waals surface area contributed by atoms with E-state index in [1.54, 1.807) is 19.1 Å². The van der Waals surface area contributed by atoms with Crippen molar-refractivity contribution in [3.63, 3.8) is 0 Å². The summed E-state index contributed by atoms with van der Waals surface area (Å²) in [4.78, 5) is 10.8. The molecule has 2 N–H and O–H groups in total. The predicted molar refractivity (Wildman–Crippen MR) is 79.6 cm³/mol. The fraction of sp³-hybridized carbons (Fsp3) is 0.154. The molecule has 6 nitrogen and oxygen atoms in total. The summed E-state index contributed by atoms with van der Waals surface area (Å²) in [5.74, 6) is -1.21. The van der Waals surface area contributed by atoms with Crippen molar-refractivity contribution in [3.05, 3.63) is 41.3 Å². The van der Waals surface area contributed by atoms with E-state index in [4.69, 9.17) is 5.11 Å². The fourth-order valence-corrected chi connectivity index (χ4v) is 4.55. The molecule has 112 valence electrons. The molecule has 0 aliphatic heterocycles. The molecule has 8 heteroatoms. The smallest absolute Gasteiger partial charge is 0.345 e. The van der Waals surface area contributed by atoms with Crippen LogP contribution < -0.4 is 4.31 Å². The third-order valence-electron chi connectivity index (χ3n) is 2.74. The van der Waals surface area contributed by atoms with E-state index in [-0.39, 0.29) is 21.4 Å². The van der Waals surface area contributed by atoms with Crippen molar-refractivity contribution in [1.29, 1.82) is 0 Å². The van der Waals surface area contributed by atoms with Crippen LogP contribution in [0.15, 0.2) is 40.6 Å². The zero-order chi connectivity index (χ0) is 15.6. The lowest BCUT2D eigenvalue weighted by molar-refractivity contribution is 0.0702. The van der Waals surface area contributed by atoms with Crippen molar-refractivity contribution >= 4 is 33.0 Å². The van der Waals surface area contributed by atoms with Crippen LogP contribution in [0.2, 0.25) is 0 Å². The van der Waals surface area contributed by atoms with Crippen LogP contribution in [0.1, 0.15) is 16.6 Å². The Bertz CT molecular complexity index is 766. The first kappa shape index (κ1) is 15.3. The van der Waals surface area contributed by atoms with Gasteiger partial charge < -0.3 is 10.2 Å². The van der Waals surface area contributed by atoms with E-state index >= 15 is 0 Å². The highest BCUT2D eigenvalue weighted by Gasteiger charge is 2.26. The second-order valence-electron chi connectivity index (χ2n) is 4.11. The quantitative estimate of drug-likeness (QED) is 0.879. The van der Waals surface area contributed by atoms with Crippen molar-refractivity contribution in [2.45, 2.75) is 11.1 Å². The summed E-state index contributed by atoms with van der Waals surface area (Å²) >= 11 is 0.699. The number of carboxylic acids is 1. The molecule has 0 unspecified atom stereocenters. The van der Waals surface area contributed by atoms with Gasteiger partial charge in [0.05, 0.1) is 5.69 Å². The number of phenolic OH excluding ortho intramolecular Hbond substituents is 1. The lowest BCUT2D eigenvalue weighted by Crippen LogP contribution is -2.30. The molecule has 0 amide bonds. The van der Waals surface area contributed by atoms with Crippen LogP contribution in [-0.2, 0) is 10.0 Å². The molecule has 0 saturated carbocycles. The first-order chi connectivity index (χ1) is 9.86. The summed E-state index contributed by atoms with van der Waals surface area (Å²) in [5.41, 5.74) is 0.322. The van der Waals surface area contributed by atoms with Crippen LogP contribution in [0.4, 0.5) is 5.69 Å². The number of benzene rings is 1. The standard InChI is InChI=1S/C13H13NO5S2/c1-2-14(9-4-3-5-10(15)8-9)21(18,19)12-7-6-11(20-12)13(16)17/h3-8,15H,2H2,1H3,(H,16,17). The van der Waals surface area contributed by atoms with E-state index in [2.05, 4.69) is 0 Å². The van der Waals surface area contributed by atoms with Gasteiger partial charge in [-0.25, -0.2) is 13.2 Å². The van der Waals surface area contributed by atoms with Crippen molar-refractivity contribution in [3.8, 4) is 5.75 Å². The summed E-state index contributed by atoms with van der Waals surface area (Å²) in [6.07, 6.45) is 0. The summed E-state index contributed by atoms with van der Waals surface area (Å²) in [6, 6.07) is 8.42. The van der Waals surface area contributed by atoms with Crippen LogP contribution in [0.5, 0.6) is 5.75 Å². The number of thiophene rings is 1. The van der Waals surface area contributed by atoms with Gasteiger partial charge in [0.25, 0.3) is 10.0 Å². The molecule has 1 aromatic heterocycles. The normalized spacial score (nSPS) is 11.3. The lowest BCUT2D eigenvalue weighted by atomic mass is 10.3. The van der Waals surface area contributed by atoms with Gasteiger partial charge >= 0.3 is 5.97 Å². The summed E-state index contributed by atoms with van der Waals surface area (Å²) in [7, 11) is -3.86. The van der Waals surface area contributed by atoms with E-state index < -0.39 is 16.0 Å². The Morgan fingerprint density at radius 3 is 2.52 bits per heavy atom. The Labute approximate surface area is 125 Å². The molecule has 0 spiro atoms. The van der Waals surface area contributed by atoms with E-state index in [9.17, 15) is 18.3 Å². The van der Waals surface area contributed by atoms with Gasteiger partial charge in [-0.15, -0.1) is 11.3 Å². The minimum atomic E-state index is -3.86. The average molecular weight is 327 g/mol. The number of hydrogen-bond acceptors (Lipinski definition) is 5. The second kappa shape index (κ2) is 5.74. The number of nitrogens with zero attached hydrogens (tertiary/aromatic N) is 1. The minimum Gasteiger partial charge on any atom is -0.508 e. The van der Waals surface area contributed by atoms with Gasteiger partial charge in [0.1, 0.15) is 14.8 Å². The van der Waals surface area contributed by atoms with Crippen LogP contribution in [0, 0.1) is 0 Å². The Hall–Kier alpha value is -2.06. The predicted octanol–water partition coefficient (Wildman–Crippen LogP) is 2.37. The largest absolute Gasteiger partial charge is 0.508 e. The SMILES string of the molecule is CCN(c1cccc(O)c1)S(=O)(=O)c1ccc(C(=O)O)s1. The number of carboxylic acid groups (broad SMARTS) is 1. The number of aromatic carboxylic acids is 1. The number of anilines is 1. The first-order valence-electron chi connectivity index (χ1n) is 6.01. The van der Waals surface area contributed by atoms with Crippen LogP contribution in [-0.4, -0.2) is 31.1 Å². The fourth-order valence-electron chi connectivity index (χ4n) is 1.82. The monoisotopic (exact) mass is 327 g/mol. The maximum Gasteiger partial charge on any atom is 0.345 e. The molecule has 0 fully saturated rings. The maximum atomic E-state index is 12.6. The number of carbonyl (C=O) groups is 1. The highest BCUT2D eigenvalue weighted by Crippen LogP contribution is 2.30. The first-order valence-corrected chi connectivity index (χ1v) is 8.27. The van der Waals surface area contributed by atoms with Crippen molar-refractivity contribution < 1.29 is 23.4 Å². The van der Waals surface area contributed by atoms with Gasteiger partial charge in [0, 0.05) is 12.6 Å². The van der Waals surface area contributed by atoms with Crippen molar-refractivity contribution in [2.75, 3.05) is 10.8 Å². The van der Waals surface area contributed by atoms with E-state index in [1.807, 2.05) is 0 Å². The molecular weight excluding hydrogens is 314 g/mol. The van der Waals surface area contributed by atoms with E-state index in [0.29, 0.717) is 17.0 Å². The van der Waals surface area contributed by atoms with Crippen LogP contribution in [0.3, 0.4) is 0 Å². The summed E-state index contributed by atoms with van der Waals surface area (Å²) < 4.78 is 26.2. The van der Waals surface area contributed by atoms with Gasteiger partial charge in [-0.05, 0) is 31.2 Å². The Morgan fingerprint density at radius 2 is 2.00 bits per heavy atom. The van der Waals surface area contributed by atoms with Crippen LogP contribution >= 0.6 is 11.3 Å². The third-order valence-corrected chi connectivity index (χ3v) is 6.19. The Morgan fingerprint density at radius 1 is 1.29 bits per heavy atom. The summed E-state index contributed by atoms with van der Waals surface area (Å²) in [5, 5.41) is 18.4. The molecule has 1 aromatic carbocycles. The van der Waals surface area contributed by atoms with Crippen LogP contribution in [0.25, 0.3) is 0 Å². The maximum absolute atomic E-state index is 12.6. The molecule has 0 aliphatic rings. The van der Waals surface area contributed by atoms with Gasteiger partial charge in [-0.2, -0.15) is 0 Å². The topological polar surface area (TPSA) is 94.9 Å². The Kier molecular flexibility index (Phi) is 4.19. The van der Waals surface area contributed by atoms with E-state index in [0.717, 1.165) is 4.31 Å². The lowest BCUT2D eigenvalue weighted by Gasteiger charge is -2.22. The molecule has 1 heterocycles. The Balaban J connectivity index is 2.46. The molecule has 21 heavy (non-hydrogen) atoms. The van der Waals surface area contributed by atoms with Crippen molar-refractivity contribution in [2.24, 2.45) is 0 Å². The molecule has 2 rings (SSSR count). The number of hydrogen-bond donors (Lipinski definition) is 2. The zero-order valence-electron chi connectivity index (χ0n) is 11.1. The number of rotatable bonds is 5. The molecular formula is C13H13NO5S2. The molecule has 0 saturated heterocycles. The second-order valence-corrected chi connectivity index (χ2v) is 7.29. The number of phenols is 1. The van der Waals surface area contributed by atoms with E-state index in [1.165, 1.54) is 24.3 Å². The van der Waals surface area contributed by atoms with Gasteiger partial charge in [-0.1, -0.05) is 6.07 Å². The molecule has 2 aromatic rings.